The summed E-state index contributed by atoms with van der Waals surface area (Å²) in [6.45, 7) is 9.29. The summed E-state index contributed by atoms with van der Waals surface area (Å²) >= 11 is 0. The minimum atomic E-state index is -0.908. The molecule has 29 heavy (non-hydrogen) atoms. The molecule has 1 aliphatic carbocycles. The van der Waals surface area contributed by atoms with Gasteiger partial charge in [0, 0.05) is 19.0 Å². The van der Waals surface area contributed by atoms with Gasteiger partial charge in [-0.05, 0) is 61.9 Å². The molecule has 162 valence electrons. The maximum atomic E-state index is 14.8. The number of nitrogens with one attached hydrogen (secondary N) is 1. The van der Waals surface area contributed by atoms with E-state index in [0.29, 0.717) is 13.1 Å². The Bertz CT molecular complexity index is 677. The molecular formula is C24H36F2N2O. The zero-order chi connectivity index (χ0) is 21.1. The zero-order valence-electron chi connectivity index (χ0n) is 18.1. The molecular weight excluding hydrogens is 370 g/mol. The van der Waals surface area contributed by atoms with E-state index < -0.39 is 11.6 Å². The predicted octanol–water partition coefficient (Wildman–Crippen LogP) is 4.85. The minimum Gasteiger partial charge on any atom is -0.355 e. The number of likely N-dealkylation sites (tertiary alicyclic amines) is 1. The summed E-state index contributed by atoms with van der Waals surface area (Å²) in [6.07, 6.45) is 4.44. The van der Waals surface area contributed by atoms with Crippen LogP contribution in [-0.2, 0) is 10.2 Å². The Kier molecular flexibility index (Phi) is 6.98. The van der Waals surface area contributed by atoms with Crippen LogP contribution in [0.1, 0.15) is 64.9 Å². The summed E-state index contributed by atoms with van der Waals surface area (Å²) in [6, 6.07) is 6.30. The van der Waals surface area contributed by atoms with Gasteiger partial charge in [-0.2, -0.15) is 0 Å². The van der Waals surface area contributed by atoms with Crippen molar-refractivity contribution in [3.63, 3.8) is 0 Å². The molecule has 0 spiro atoms. The first-order valence-electron chi connectivity index (χ1n) is 11.1. The first kappa shape index (κ1) is 22.2. The van der Waals surface area contributed by atoms with Gasteiger partial charge in [0.05, 0.1) is 5.41 Å². The normalized spacial score (nSPS) is 25.1. The van der Waals surface area contributed by atoms with E-state index in [-0.39, 0.29) is 23.1 Å². The summed E-state index contributed by atoms with van der Waals surface area (Å²) in [7, 11) is 0. The van der Waals surface area contributed by atoms with Crippen LogP contribution >= 0.6 is 0 Å². The first-order valence-corrected chi connectivity index (χ1v) is 11.1. The molecule has 1 saturated heterocycles. The number of benzene rings is 1. The Hall–Kier alpha value is -1.49. The lowest BCUT2D eigenvalue weighted by Gasteiger charge is -2.36. The third-order valence-corrected chi connectivity index (χ3v) is 6.75. The second-order valence-corrected chi connectivity index (χ2v) is 10.2. The number of hydrogen-bond donors (Lipinski definition) is 1. The van der Waals surface area contributed by atoms with E-state index in [2.05, 4.69) is 31.0 Å². The van der Waals surface area contributed by atoms with Crippen molar-refractivity contribution in [3.05, 3.63) is 35.6 Å². The molecule has 2 atom stereocenters. The number of alkyl halides is 1. The number of carbonyl (C=O) groups excluding carboxylic acids is 1. The Labute approximate surface area is 174 Å². The molecule has 1 aromatic rings. The average molecular weight is 407 g/mol. The zero-order valence-corrected chi connectivity index (χ0v) is 18.1. The van der Waals surface area contributed by atoms with Crippen LogP contribution in [-0.4, -0.2) is 43.2 Å². The third-order valence-electron chi connectivity index (χ3n) is 6.75. The Balaban J connectivity index is 1.55. The van der Waals surface area contributed by atoms with E-state index in [9.17, 15) is 13.6 Å². The molecule has 0 unspecified atom stereocenters. The van der Waals surface area contributed by atoms with Crippen molar-refractivity contribution in [1.29, 1.82) is 0 Å². The van der Waals surface area contributed by atoms with E-state index in [1.807, 2.05) is 0 Å². The first-order chi connectivity index (χ1) is 13.7. The molecule has 1 heterocycles. The molecule has 3 rings (SSSR count). The summed E-state index contributed by atoms with van der Waals surface area (Å²) in [4.78, 5) is 15.4. The van der Waals surface area contributed by atoms with Gasteiger partial charge in [-0.15, -0.1) is 0 Å². The van der Waals surface area contributed by atoms with Crippen LogP contribution in [0.2, 0.25) is 0 Å². The molecule has 0 radical (unpaired) electrons. The van der Waals surface area contributed by atoms with Crippen molar-refractivity contribution in [1.82, 2.24) is 10.2 Å². The number of nitrogens with zero attached hydrogens (tertiary/aromatic N) is 1. The molecule has 1 saturated carbocycles. The van der Waals surface area contributed by atoms with Crippen LogP contribution in [0, 0.1) is 17.2 Å². The summed E-state index contributed by atoms with van der Waals surface area (Å²) in [5.74, 6) is -0.443. The van der Waals surface area contributed by atoms with Crippen molar-refractivity contribution in [2.75, 3.05) is 26.2 Å². The van der Waals surface area contributed by atoms with Gasteiger partial charge in [0.25, 0.3) is 0 Å². The number of piperidine rings is 1. The van der Waals surface area contributed by atoms with Crippen LogP contribution in [0.3, 0.4) is 0 Å². The van der Waals surface area contributed by atoms with E-state index in [1.165, 1.54) is 12.1 Å². The average Bonchev–Trinajstić information content (AvgIpc) is 3.16. The lowest BCUT2D eigenvalue weighted by molar-refractivity contribution is -0.127. The number of amides is 1. The third kappa shape index (κ3) is 5.56. The molecule has 3 nitrogen and oxygen atoms in total. The highest BCUT2D eigenvalue weighted by Crippen LogP contribution is 2.41. The van der Waals surface area contributed by atoms with Crippen LogP contribution in [0.25, 0.3) is 0 Å². The predicted molar refractivity (Wildman–Crippen MR) is 113 cm³/mol. The highest BCUT2D eigenvalue weighted by molar-refractivity contribution is 5.88. The molecule has 1 N–H and O–H groups in total. The Morgan fingerprint density at radius 3 is 2.45 bits per heavy atom. The van der Waals surface area contributed by atoms with Crippen LogP contribution in [0.5, 0.6) is 0 Å². The van der Waals surface area contributed by atoms with E-state index >= 15 is 0 Å². The van der Waals surface area contributed by atoms with E-state index in [1.54, 1.807) is 12.1 Å². The molecule has 2 fully saturated rings. The quantitative estimate of drug-likeness (QED) is 0.732. The van der Waals surface area contributed by atoms with Gasteiger partial charge in [-0.1, -0.05) is 45.7 Å². The van der Waals surface area contributed by atoms with Crippen LogP contribution < -0.4 is 5.32 Å². The lowest BCUT2D eigenvalue weighted by Crippen LogP contribution is -2.49. The molecule has 1 aromatic carbocycles. The summed E-state index contributed by atoms with van der Waals surface area (Å²) < 4.78 is 28.1. The van der Waals surface area contributed by atoms with Gasteiger partial charge in [0.2, 0.25) is 5.91 Å². The monoisotopic (exact) mass is 406 g/mol. The highest BCUT2D eigenvalue weighted by Gasteiger charge is 2.43. The van der Waals surface area contributed by atoms with Crippen molar-refractivity contribution >= 4 is 5.91 Å². The topological polar surface area (TPSA) is 32.3 Å². The van der Waals surface area contributed by atoms with Crippen LogP contribution in [0.15, 0.2) is 24.3 Å². The molecule has 0 aromatic heterocycles. The SMILES string of the molecule is CC(C)(C)CCN1CC[C@@H](CNC(=O)C2(c3ccc(F)cc3)CCCC2)[C@@H](F)C1. The minimum absolute atomic E-state index is 0.0241. The summed E-state index contributed by atoms with van der Waals surface area (Å²) in [5.41, 5.74) is 0.544. The van der Waals surface area contributed by atoms with Gasteiger partial charge in [0.1, 0.15) is 12.0 Å². The number of rotatable bonds is 6. The van der Waals surface area contributed by atoms with Gasteiger partial charge >= 0.3 is 0 Å². The molecule has 1 amide bonds. The fraction of sp³-hybridized carbons (Fsp3) is 0.708. The summed E-state index contributed by atoms with van der Waals surface area (Å²) in [5, 5.41) is 3.06. The molecule has 1 aliphatic heterocycles. The second-order valence-electron chi connectivity index (χ2n) is 10.2. The molecule has 5 heteroatoms. The highest BCUT2D eigenvalue weighted by atomic mass is 19.1. The fourth-order valence-electron chi connectivity index (χ4n) is 4.73. The van der Waals surface area contributed by atoms with Crippen molar-refractivity contribution in [2.45, 2.75) is 70.9 Å². The van der Waals surface area contributed by atoms with Gasteiger partial charge in [-0.25, -0.2) is 8.78 Å². The van der Waals surface area contributed by atoms with Gasteiger partial charge in [0.15, 0.2) is 0 Å². The largest absolute Gasteiger partial charge is 0.355 e. The Morgan fingerprint density at radius 1 is 1.21 bits per heavy atom. The van der Waals surface area contributed by atoms with Crippen molar-refractivity contribution in [2.24, 2.45) is 11.3 Å². The number of carbonyl (C=O) groups is 1. The van der Waals surface area contributed by atoms with Gasteiger partial charge < -0.3 is 10.2 Å². The Morgan fingerprint density at radius 2 is 1.86 bits per heavy atom. The number of hydrogen-bond acceptors (Lipinski definition) is 2. The standard InChI is InChI=1S/C24H36F2N2O/c1-23(2,3)13-15-28-14-10-18(21(26)17-28)16-27-22(29)24(11-4-5-12-24)19-6-8-20(25)9-7-19/h6-9,18,21H,4-5,10-17H2,1-3H3,(H,27,29)/t18-,21-/m0/s1. The lowest BCUT2D eigenvalue weighted by atomic mass is 9.77. The van der Waals surface area contributed by atoms with Crippen molar-refractivity contribution in [3.8, 4) is 0 Å². The molecule has 0 bridgehead atoms. The maximum Gasteiger partial charge on any atom is 0.230 e. The van der Waals surface area contributed by atoms with E-state index in [0.717, 1.165) is 57.2 Å². The van der Waals surface area contributed by atoms with Gasteiger partial charge in [-0.3, -0.25) is 4.79 Å². The maximum absolute atomic E-state index is 14.8. The van der Waals surface area contributed by atoms with Crippen LogP contribution in [0.4, 0.5) is 8.78 Å². The molecule has 2 aliphatic rings. The smallest absolute Gasteiger partial charge is 0.230 e. The van der Waals surface area contributed by atoms with Crippen molar-refractivity contribution < 1.29 is 13.6 Å². The second kappa shape index (κ2) is 9.11. The number of halogens is 2. The van der Waals surface area contributed by atoms with E-state index in [4.69, 9.17) is 0 Å². The fourth-order valence-corrected chi connectivity index (χ4v) is 4.73.